The van der Waals surface area contributed by atoms with Gasteiger partial charge in [-0.1, -0.05) is 20.3 Å². The molecular formula is C13H22O7. The maximum atomic E-state index is 12.1. The van der Waals surface area contributed by atoms with Crippen LogP contribution in [0.15, 0.2) is 0 Å². The summed E-state index contributed by atoms with van der Waals surface area (Å²) in [5.41, 5.74) is -2.09. The van der Waals surface area contributed by atoms with Crippen LogP contribution in [0.2, 0.25) is 0 Å². The molecule has 1 heterocycles. The van der Waals surface area contributed by atoms with Gasteiger partial charge in [-0.05, 0) is 13.8 Å². The van der Waals surface area contributed by atoms with Crippen LogP contribution < -0.4 is 0 Å². The molecule has 0 aromatic rings. The molecular weight excluding hydrogens is 268 g/mol. The van der Waals surface area contributed by atoms with Crippen molar-refractivity contribution in [2.75, 3.05) is 13.2 Å². The zero-order valence-electron chi connectivity index (χ0n) is 12.3. The number of carbonyl (C=O) groups excluding carboxylic acids is 2. The van der Waals surface area contributed by atoms with Gasteiger partial charge < -0.3 is 14.6 Å². The van der Waals surface area contributed by atoms with Crippen LogP contribution in [0.1, 0.15) is 40.5 Å². The molecule has 1 fully saturated rings. The Balaban J connectivity index is 3.14. The van der Waals surface area contributed by atoms with Gasteiger partial charge in [0.2, 0.25) is 5.79 Å². The first kappa shape index (κ1) is 16.9. The highest BCUT2D eigenvalue weighted by molar-refractivity contribution is 6.04. The monoisotopic (exact) mass is 290 g/mol. The molecule has 2 unspecified atom stereocenters. The molecule has 0 bridgehead atoms. The molecule has 0 aromatic heterocycles. The number of aliphatic hydroxyl groups is 1. The number of hydrogen-bond acceptors (Lipinski definition) is 7. The summed E-state index contributed by atoms with van der Waals surface area (Å²) in [7, 11) is 0. The van der Waals surface area contributed by atoms with Crippen molar-refractivity contribution in [1.29, 1.82) is 0 Å². The molecule has 0 spiro atoms. The van der Waals surface area contributed by atoms with E-state index in [9.17, 15) is 14.7 Å². The Bertz CT molecular complexity index is 350. The van der Waals surface area contributed by atoms with E-state index in [0.29, 0.717) is 6.42 Å². The Kier molecular flexibility index (Phi) is 5.50. The molecule has 2 atom stereocenters. The Hall–Kier alpha value is -1.18. The Labute approximate surface area is 118 Å². The van der Waals surface area contributed by atoms with Crippen LogP contribution in [-0.2, 0) is 28.8 Å². The smallest absolute Gasteiger partial charge is 0.354 e. The van der Waals surface area contributed by atoms with Gasteiger partial charge in [-0.2, -0.15) is 4.89 Å². The molecule has 20 heavy (non-hydrogen) atoms. The van der Waals surface area contributed by atoms with Crippen molar-refractivity contribution in [2.45, 2.75) is 51.9 Å². The zero-order valence-corrected chi connectivity index (χ0v) is 12.3. The second-order valence-electron chi connectivity index (χ2n) is 4.66. The minimum atomic E-state index is -2.09. The standard InChI is InChI=1S/C13H22O7/c1-5-8-12(16)9(4)13(20-19-12,10(14)17-6-2)11(15)18-7-3/h9,16H,5-8H2,1-4H3. The van der Waals surface area contributed by atoms with E-state index < -0.39 is 29.2 Å². The van der Waals surface area contributed by atoms with Gasteiger partial charge in [0.25, 0.3) is 0 Å². The Morgan fingerprint density at radius 2 is 1.60 bits per heavy atom. The molecule has 7 heteroatoms. The maximum absolute atomic E-state index is 12.1. The molecule has 0 aliphatic carbocycles. The Morgan fingerprint density at radius 3 is 2.00 bits per heavy atom. The number of rotatable bonds is 6. The average molecular weight is 290 g/mol. The molecule has 116 valence electrons. The molecule has 1 N–H and O–H groups in total. The first-order valence-electron chi connectivity index (χ1n) is 6.82. The van der Waals surface area contributed by atoms with Crippen LogP contribution in [0, 0.1) is 5.92 Å². The van der Waals surface area contributed by atoms with Crippen LogP contribution in [0.4, 0.5) is 0 Å². The molecule has 1 saturated heterocycles. The SMILES string of the molecule is CCCC1(O)OOC(C(=O)OCC)(C(=O)OCC)C1C. The summed E-state index contributed by atoms with van der Waals surface area (Å²) >= 11 is 0. The molecule has 1 aliphatic rings. The largest absolute Gasteiger partial charge is 0.463 e. The van der Waals surface area contributed by atoms with Gasteiger partial charge in [0.05, 0.1) is 19.1 Å². The van der Waals surface area contributed by atoms with Gasteiger partial charge in [0, 0.05) is 6.42 Å². The fourth-order valence-corrected chi connectivity index (χ4v) is 2.20. The lowest BCUT2D eigenvalue weighted by molar-refractivity contribution is -0.389. The van der Waals surface area contributed by atoms with Gasteiger partial charge in [-0.25, -0.2) is 14.5 Å². The van der Waals surface area contributed by atoms with Crippen LogP contribution in [0.3, 0.4) is 0 Å². The van der Waals surface area contributed by atoms with Crippen molar-refractivity contribution in [2.24, 2.45) is 5.92 Å². The Morgan fingerprint density at radius 1 is 1.10 bits per heavy atom. The lowest BCUT2D eigenvalue weighted by Crippen LogP contribution is -2.55. The fraction of sp³-hybridized carbons (Fsp3) is 0.846. The lowest BCUT2D eigenvalue weighted by Gasteiger charge is -2.28. The summed E-state index contributed by atoms with van der Waals surface area (Å²) in [5.74, 6) is -4.52. The second kappa shape index (κ2) is 6.51. The lowest BCUT2D eigenvalue weighted by atomic mass is 9.81. The van der Waals surface area contributed by atoms with Crippen LogP contribution in [0.5, 0.6) is 0 Å². The minimum Gasteiger partial charge on any atom is -0.463 e. The van der Waals surface area contributed by atoms with E-state index in [4.69, 9.17) is 19.2 Å². The molecule has 1 rings (SSSR count). The molecule has 7 nitrogen and oxygen atoms in total. The van der Waals surface area contributed by atoms with Crippen molar-refractivity contribution < 1.29 is 33.9 Å². The minimum absolute atomic E-state index is 0.0717. The number of hydrogen-bond donors (Lipinski definition) is 1. The van der Waals surface area contributed by atoms with Crippen molar-refractivity contribution in [3.05, 3.63) is 0 Å². The predicted molar refractivity (Wildman–Crippen MR) is 67.2 cm³/mol. The fourth-order valence-electron chi connectivity index (χ4n) is 2.20. The highest BCUT2D eigenvalue weighted by Crippen LogP contribution is 2.44. The molecule has 1 aliphatic heterocycles. The van der Waals surface area contributed by atoms with Crippen LogP contribution >= 0.6 is 0 Å². The third-order valence-corrected chi connectivity index (χ3v) is 3.37. The maximum Gasteiger partial charge on any atom is 0.354 e. The van der Waals surface area contributed by atoms with Crippen molar-refractivity contribution in [3.8, 4) is 0 Å². The van der Waals surface area contributed by atoms with E-state index in [-0.39, 0.29) is 19.6 Å². The van der Waals surface area contributed by atoms with Crippen molar-refractivity contribution in [1.82, 2.24) is 0 Å². The highest BCUT2D eigenvalue weighted by atomic mass is 17.2. The summed E-state index contributed by atoms with van der Waals surface area (Å²) in [6.45, 7) is 6.69. The van der Waals surface area contributed by atoms with Crippen molar-refractivity contribution >= 4 is 11.9 Å². The van der Waals surface area contributed by atoms with Gasteiger partial charge in [0.15, 0.2) is 0 Å². The van der Waals surface area contributed by atoms with Crippen molar-refractivity contribution in [3.63, 3.8) is 0 Å². The summed E-state index contributed by atoms with van der Waals surface area (Å²) in [5, 5.41) is 10.4. The van der Waals surface area contributed by atoms with Gasteiger partial charge in [-0.3, -0.25) is 0 Å². The number of esters is 2. The van der Waals surface area contributed by atoms with E-state index in [0.717, 1.165) is 0 Å². The van der Waals surface area contributed by atoms with Gasteiger partial charge >= 0.3 is 17.5 Å². The van der Waals surface area contributed by atoms with Gasteiger partial charge in [0.1, 0.15) is 0 Å². The third-order valence-electron chi connectivity index (χ3n) is 3.37. The third kappa shape index (κ3) is 2.65. The van der Waals surface area contributed by atoms with E-state index in [1.807, 2.05) is 6.92 Å². The summed E-state index contributed by atoms with van der Waals surface area (Å²) in [6.07, 6.45) is 0.806. The number of ether oxygens (including phenoxy) is 2. The van der Waals surface area contributed by atoms with E-state index in [1.165, 1.54) is 6.92 Å². The van der Waals surface area contributed by atoms with E-state index >= 15 is 0 Å². The summed E-state index contributed by atoms with van der Waals surface area (Å²) in [4.78, 5) is 34.1. The molecule has 0 saturated carbocycles. The molecule has 0 aromatic carbocycles. The van der Waals surface area contributed by atoms with Gasteiger partial charge in [-0.15, -0.1) is 0 Å². The number of carbonyl (C=O) groups is 2. The van der Waals surface area contributed by atoms with Crippen LogP contribution in [-0.4, -0.2) is 41.6 Å². The van der Waals surface area contributed by atoms with Crippen LogP contribution in [0.25, 0.3) is 0 Å². The second-order valence-corrected chi connectivity index (χ2v) is 4.66. The quantitative estimate of drug-likeness (QED) is 0.442. The zero-order chi connectivity index (χ0) is 15.4. The first-order valence-corrected chi connectivity index (χ1v) is 6.82. The van der Waals surface area contributed by atoms with E-state index in [1.54, 1.807) is 13.8 Å². The predicted octanol–water partition coefficient (Wildman–Crippen LogP) is 0.938. The highest BCUT2D eigenvalue weighted by Gasteiger charge is 2.68. The topological polar surface area (TPSA) is 91.3 Å². The first-order chi connectivity index (χ1) is 9.39. The molecule has 0 amide bonds. The van der Waals surface area contributed by atoms with E-state index in [2.05, 4.69) is 0 Å². The average Bonchev–Trinajstić information content (AvgIpc) is 2.65. The normalized spacial score (nSPS) is 28.1. The summed E-state index contributed by atoms with van der Waals surface area (Å²) in [6, 6.07) is 0. The summed E-state index contributed by atoms with van der Waals surface area (Å²) < 4.78 is 9.77. The molecule has 0 radical (unpaired) electrons.